The van der Waals surface area contributed by atoms with Crippen LogP contribution in [0.1, 0.15) is 19.8 Å². The van der Waals surface area contributed by atoms with Crippen LogP contribution in [0.2, 0.25) is 0 Å². The van der Waals surface area contributed by atoms with E-state index in [1.165, 1.54) is 22.5 Å². The first-order valence-electron chi connectivity index (χ1n) is 8.41. The Balaban J connectivity index is 0.00000243. The van der Waals surface area contributed by atoms with Crippen LogP contribution in [0.3, 0.4) is 0 Å². The number of carbonyl (C=O) groups is 1. The lowest BCUT2D eigenvalue weighted by Crippen LogP contribution is -2.43. The standard InChI is InChI=1S/C16H24N6O3.ClH/c1-16(4-6-17-7-5-16)9-18-11(23)8-22-10-19-13-12(22)14(24)21(3)15(25)20(13)2;/h10,17H,4-9H2,1-3H3,(H,18,23);1H. The fraction of sp³-hybridized carbons (Fsp3) is 0.625. The van der Waals surface area contributed by atoms with Gasteiger partial charge >= 0.3 is 5.69 Å². The number of aryl methyl sites for hydroxylation is 1. The number of rotatable bonds is 4. The Morgan fingerprint density at radius 3 is 2.58 bits per heavy atom. The number of amides is 1. The molecule has 0 bridgehead atoms. The summed E-state index contributed by atoms with van der Waals surface area (Å²) < 4.78 is 3.83. The van der Waals surface area contributed by atoms with E-state index in [-0.39, 0.29) is 41.4 Å². The number of piperidine rings is 1. The van der Waals surface area contributed by atoms with Gasteiger partial charge in [0.05, 0.1) is 6.33 Å². The molecule has 3 heterocycles. The molecule has 2 aromatic rings. The van der Waals surface area contributed by atoms with Gasteiger partial charge in [-0.05, 0) is 31.3 Å². The van der Waals surface area contributed by atoms with Gasteiger partial charge in [-0.1, -0.05) is 6.92 Å². The quantitative estimate of drug-likeness (QED) is 0.730. The van der Waals surface area contributed by atoms with Crippen LogP contribution in [0.25, 0.3) is 11.2 Å². The lowest BCUT2D eigenvalue weighted by Gasteiger charge is -2.34. The summed E-state index contributed by atoms with van der Waals surface area (Å²) in [6.45, 7) is 4.70. The summed E-state index contributed by atoms with van der Waals surface area (Å²) in [5.74, 6) is -0.171. The Hall–Kier alpha value is -2.13. The highest BCUT2D eigenvalue weighted by atomic mass is 35.5. The summed E-state index contributed by atoms with van der Waals surface area (Å²) in [7, 11) is 2.97. The maximum Gasteiger partial charge on any atom is 0.332 e. The second kappa shape index (κ2) is 7.63. The van der Waals surface area contributed by atoms with Crippen molar-refractivity contribution < 1.29 is 4.79 Å². The topological polar surface area (TPSA) is 103 Å². The second-order valence-electron chi connectivity index (χ2n) is 7.09. The van der Waals surface area contributed by atoms with Crippen molar-refractivity contribution in [3.05, 3.63) is 27.2 Å². The molecule has 10 heteroatoms. The normalized spacial score (nSPS) is 16.3. The molecule has 2 N–H and O–H groups in total. The lowest BCUT2D eigenvalue weighted by atomic mass is 9.81. The van der Waals surface area contributed by atoms with Gasteiger partial charge in [-0.25, -0.2) is 9.78 Å². The molecule has 1 fully saturated rings. The molecule has 1 amide bonds. The number of hydrogen-bond acceptors (Lipinski definition) is 5. The van der Waals surface area contributed by atoms with E-state index >= 15 is 0 Å². The summed E-state index contributed by atoms with van der Waals surface area (Å²) in [4.78, 5) is 40.8. The molecule has 1 aliphatic heterocycles. The number of carbonyl (C=O) groups excluding carboxylic acids is 1. The van der Waals surface area contributed by atoms with Gasteiger partial charge in [0, 0.05) is 20.6 Å². The van der Waals surface area contributed by atoms with E-state index in [0.29, 0.717) is 6.54 Å². The highest BCUT2D eigenvalue weighted by Crippen LogP contribution is 2.26. The predicted molar refractivity (Wildman–Crippen MR) is 101 cm³/mol. The zero-order chi connectivity index (χ0) is 18.2. The van der Waals surface area contributed by atoms with E-state index in [1.54, 1.807) is 7.05 Å². The third-order valence-electron chi connectivity index (χ3n) is 5.05. The average Bonchev–Trinajstić information content (AvgIpc) is 3.01. The van der Waals surface area contributed by atoms with Gasteiger partial charge in [0.25, 0.3) is 5.56 Å². The van der Waals surface area contributed by atoms with Crippen molar-refractivity contribution in [1.29, 1.82) is 0 Å². The molecule has 144 valence electrons. The molecule has 3 rings (SSSR count). The number of fused-ring (bicyclic) bond motifs is 1. The smallest absolute Gasteiger partial charge is 0.332 e. The van der Waals surface area contributed by atoms with Crippen molar-refractivity contribution in [3.8, 4) is 0 Å². The molecular formula is C16H25ClN6O3. The minimum absolute atomic E-state index is 0. The third kappa shape index (κ3) is 3.68. The third-order valence-corrected chi connectivity index (χ3v) is 5.05. The summed E-state index contributed by atoms with van der Waals surface area (Å²) in [5.41, 5.74) is -0.253. The monoisotopic (exact) mass is 384 g/mol. The van der Waals surface area contributed by atoms with Crippen LogP contribution in [-0.4, -0.2) is 44.2 Å². The molecule has 2 aromatic heterocycles. The number of hydrogen-bond donors (Lipinski definition) is 2. The molecule has 0 radical (unpaired) electrons. The minimum atomic E-state index is -0.450. The molecule has 0 spiro atoms. The van der Waals surface area contributed by atoms with Gasteiger partial charge < -0.3 is 15.2 Å². The van der Waals surface area contributed by atoms with Crippen molar-refractivity contribution in [2.24, 2.45) is 19.5 Å². The molecular weight excluding hydrogens is 360 g/mol. The van der Waals surface area contributed by atoms with E-state index in [2.05, 4.69) is 22.5 Å². The summed E-state index contributed by atoms with van der Waals surface area (Å²) in [6, 6.07) is 0. The van der Waals surface area contributed by atoms with Gasteiger partial charge in [-0.2, -0.15) is 0 Å². The minimum Gasteiger partial charge on any atom is -0.354 e. The van der Waals surface area contributed by atoms with Crippen molar-refractivity contribution >= 4 is 29.5 Å². The zero-order valence-electron chi connectivity index (χ0n) is 15.2. The summed E-state index contributed by atoms with van der Waals surface area (Å²) >= 11 is 0. The highest BCUT2D eigenvalue weighted by Gasteiger charge is 2.27. The Bertz CT molecular complexity index is 922. The molecule has 1 aliphatic rings. The molecule has 26 heavy (non-hydrogen) atoms. The van der Waals surface area contributed by atoms with Crippen molar-refractivity contribution in [2.75, 3.05) is 19.6 Å². The summed E-state index contributed by atoms with van der Waals surface area (Å²) in [5, 5.41) is 6.28. The van der Waals surface area contributed by atoms with Gasteiger partial charge in [0.15, 0.2) is 11.2 Å². The van der Waals surface area contributed by atoms with Crippen LogP contribution in [0.5, 0.6) is 0 Å². The van der Waals surface area contributed by atoms with Gasteiger partial charge in [-0.3, -0.25) is 18.7 Å². The molecule has 0 aromatic carbocycles. The van der Waals surface area contributed by atoms with E-state index in [1.807, 2.05) is 0 Å². The Labute approximate surface area is 156 Å². The van der Waals surface area contributed by atoms with Crippen LogP contribution in [0, 0.1) is 5.41 Å². The molecule has 0 atom stereocenters. The molecule has 0 saturated carbocycles. The maximum absolute atomic E-state index is 12.4. The van der Waals surface area contributed by atoms with Crippen molar-refractivity contribution in [1.82, 2.24) is 29.3 Å². The van der Waals surface area contributed by atoms with Crippen LogP contribution >= 0.6 is 12.4 Å². The first-order valence-corrected chi connectivity index (χ1v) is 8.41. The van der Waals surface area contributed by atoms with Crippen molar-refractivity contribution in [2.45, 2.75) is 26.3 Å². The van der Waals surface area contributed by atoms with Crippen molar-refractivity contribution in [3.63, 3.8) is 0 Å². The zero-order valence-corrected chi connectivity index (χ0v) is 16.1. The second-order valence-corrected chi connectivity index (χ2v) is 7.09. The number of nitrogens with zero attached hydrogens (tertiary/aromatic N) is 4. The first kappa shape index (κ1) is 20.2. The Morgan fingerprint density at radius 1 is 1.27 bits per heavy atom. The molecule has 9 nitrogen and oxygen atoms in total. The van der Waals surface area contributed by atoms with Gasteiger partial charge in [0.1, 0.15) is 6.54 Å². The molecule has 0 unspecified atom stereocenters. The van der Waals surface area contributed by atoms with Crippen LogP contribution in [0.4, 0.5) is 0 Å². The fourth-order valence-electron chi connectivity index (χ4n) is 3.25. The van der Waals surface area contributed by atoms with Gasteiger partial charge in [-0.15, -0.1) is 12.4 Å². The number of nitrogens with one attached hydrogen (secondary N) is 2. The average molecular weight is 385 g/mol. The Morgan fingerprint density at radius 2 is 1.92 bits per heavy atom. The predicted octanol–water partition coefficient (Wildman–Crippen LogP) is -0.639. The number of halogens is 1. The van der Waals surface area contributed by atoms with Crippen LogP contribution in [-0.2, 0) is 25.4 Å². The van der Waals surface area contributed by atoms with Crippen LogP contribution in [0.15, 0.2) is 15.9 Å². The SMILES string of the molecule is Cl.Cn1c(=O)c2c(ncn2CC(=O)NCC2(C)CCNCC2)n(C)c1=O. The summed E-state index contributed by atoms with van der Waals surface area (Å²) in [6.07, 6.45) is 3.46. The Kier molecular flexibility index (Phi) is 5.92. The largest absolute Gasteiger partial charge is 0.354 e. The van der Waals surface area contributed by atoms with E-state index in [0.717, 1.165) is 30.5 Å². The number of imidazole rings is 1. The van der Waals surface area contributed by atoms with E-state index < -0.39 is 11.2 Å². The van der Waals surface area contributed by atoms with E-state index in [4.69, 9.17) is 0 Å². The van der Waals surface area contributed by atoms with Gasteiger partial charge in [0.2, 0.25) is 5.91 Å². The molecule has 0 aliphatic carbocycles. The fourth-order valence-corrected chi connectivity index (χ4v) is 3.25. The van der Waals surface area contributed by atoms with E-state index in [9.17, 15) is 14.4 Å². The first-order chi connectivity index (χ1) is 11.8. The maximum atomic E-state index is 12.4. The molecule has 1 saturated heterocycles. The highest BCUT2D eigenvalue weighted by molar-refractivity contribution is 5.85. The lowest BCUT2D eigenvalue weighted by molar-refractivity contribution is -0.122. The van der Waals surface area contributed by atoms with Crippen LogP contribution < -0.4 is 21.9 Å². The number of aromatic nitrogens is 4.